The van der Waals surface area contributed by atoms with Crippen molar-refractivity contribution in [1.29, 1.82) is 0 Å². The largest absolute Gasteiger partial charge is 0.481 e. The van der Waals surface area contributed by atoms with Crippen LogP contribution in [0.25, 0.3) is 0 Å². The Bertz CT molecular complexity index is 196. The number of piperidine rings is 1. The van der Waals surface area contributed by atoms with Crippen LogP contribution in [0.15, 0.2) is 0 Å². The van der Waals surface area contributed by atoms with Crippen LogP contribution in [0.5, 0.6) is 0 Å². The van der Waals surface area contributed by atoms with Gasteiger partial charge in [0.15, 0.2) is 0 Å². The van der Waals surface area contributed by atoms with Crippen molar-refractivity contribution in [2.45, 2.75) is 12.3 Å². The Morgan fingerprint density at radius 1 is 1.67 bits per heavy atom. The van der Waals surface area contributed by atoms with Crippen molar-refractivity contribution in [2.75, 3.05) is 20.1 Å². The molecule has 0 saturated carbocycles. The zero-order valence-corrected chi connectivity index (χ0v) is 6.76. The summed E-state index contributed by atoms with van der Waals surface area (Å²) in [7, 11) is 1.56. The lowest BCUT2D eigenvalue weighted by Gasteiger charge is -2.33. The van der Waals surface area contributed by atoms with Crippen molar-refractivity contribution >= 4 is 5.97 Å². The van der Waals surface area contributed by atoms with Crippen molar-refractivity contribution in [3.63, 3.8) is 0 Å². The van der Waals surface area contributed by atoms with E-state index in [2.05, 4.69) is 0 Å². The van der Waals surface area contributed by atoms with E-state index in [0.717, 1.165) is 0 Å². The highest BCUT2D eigenvalue weighted by Gasteiger charge is 2.47. The van der Waals surface area contributed by atoms with Gasteiger partial charge in [0.05, 0.1) is 6.54 Å². The third-order valence-electron chi connectivity index (χ3n) is 2.09. The minimum Gasteiger partial charge on any atom is -0.481 e. The van der Waals surface area contributed by atoms with Gasteiger partial charge in [-0.1, -0.05) is 0 Å². The molecule has 0 radical (unpaired) electrons. The number of halogens is 2. The number of likely N-dealkylation sites (tertiary alicyclic amines) is 1. The predicted molar refractivity (Wildman–Crippen MR) is 38.2 cm³/mol. The second kappa shape index (κ2) is 2.97. The van der Waals surface area contributed by atoms with Gasteiger partial charge in [0.2, 0.25) is 0 Å². The van der Waals surface area contributed by atoms with Crippen LogP contribution in [0.1, 0.15) is 6.42 Å². The quantitative estimate of drug-likeness (QED) is 0.642. The van der Waals surface area contributed by atoms with Gasteiger partial charge in [-0.05, 0) is 20.0 Å². The first-order valence-corrected chi connectivity index (χ1v) is 3.72. The van der Waals surface area contributed by atoms with E-state index in [1.165, 1.54) is 4.90 Å². The highest BCUT2D eigenvalue weighted by molar-refractivity contribution is 5.71. The Morgan fingerprint density at radius 3 is 2.67 bits per heavy atom. The van der Waals surface area contributed by atoms with Gasteiger partial charge in [-0.2, -0.15) is 0 Å². The van der Waals surface area contributed by atoms with Crippen LogP contribution in [0.4, 0.5) is 8.78 Å². The van der Waals surface area contributed by atoms with Crippen molar-refractivity contribution < 1.29 is 18.7 Å². The van der Waals surface area contributed by atoms with Crippen LogP contribution >= 0.6 is 0 Å². The molecule has 1 atom stereocenters. The molecule has 0 aromatic carbocycles. The topological polar surface area (TPSA) is 40.5 Å². The van der Waals surface area contributed by atoms with Crippen LogP contribution < -0.4 is 0 Å². The third kappa shape index (κ3) is 1.72. The van der Waals surface area contributed by atoms with Crippen LogP contribution in [0.3, 0.4) is 0 Å². The maximum atomic E-state index is 12.9. The number of carboxylic acids is 1. The van der Waals surface area contributed by atoms with Gasteiger partial charge in [0, 0.05) is 0 Å². The molecular formula is C7H11F2NO2. The molecule has 1 N–H and O–H groups in total. The van der Waals surface area contributed by atoms with Crippen LogP contribution in [-0.2, 0) is 4.79 Å². The molecular weight excluding hydrogens is 168 g/mol. The Hall–Kier alpha value is -0.710. The molecule has 0 bridgehead atoms. The fourth-order valence-corrected chi connectivity index (χ4v) is 1.41. The number of nitrogens with zero attached hydrogens (tertiary/aromatic N) is 1. The summed E-state index contributed by atoms with van der Waals surface area (Å²) in [6, 6.07) is 0. The Balaban J connectivity index is 2.70. The predicted octanol–water partition coefficient (Wildman–Crippen LogP) is 0.658. The Morgan fingerprint density at radius 2 is 2.25 bits per heavy atom. The molecule has 0 aromatic rings. The number of alkyl halides is 2. The highest BCUT2D eigenvalue weighted by atomic mass is 19.3. The molecule has 3 nitrogen and oxygen atoms in total. The Labute approximate surface area is 69.0 Å². The first-order chi connectivity index (χ1) is 5.43. The molecule has 1 heterocycles. The summed E-state index contributed by atoms with van der Waals surface area (Å²) in [6.45, 7) is -0.0312. The number of carbonyl (C=O) groups is 1. The van der Waals surface area contributed by atoms with Gasteiger partial charge < -0.3 is 10.0 Å². The van der Waals surface area contributed by atoms with E-state index in [1.807, 2.05) is 0 Å². The third-order valence-corrected chi connectivity index (χ3v) is 2.09. The summed E-state index contributed by atoms with van der Waals surface area (Å²) >= 11 is 0. The minimum atomic E-state index is -3.08. The monoisotopic (exact) mass is 179 g/mol. The zero-order valence-electron chi connectivity index (χ0n) is 6.76. The van der Waals surface area contributed by atoms with E-state index in [-0.39, 0.29) is 6.42 Å². The zero-order chi connectivity index (χ0) is 9.35. The van der Waals surface area contributed by atoms with Crippen molar-refractivity contribution in [1.82, 2.24) is 4.90 Å². The molecule has 1 aliphatic rings. The minimum absolute atomic E-state index is 0.0266. The molecule has 12 heavy (non-hydrogen) atoms. The average molecular weight is 179 g/mol. The van der Waals surface area contributed by atoms with Crippen molar-refractivity contribution in [2.24, 2.45) is 5.92 Å². The number of rotatable bonds is 1. The standard InChI is InChI=1S/C7H11F2NO2/c1-10-3-2-5(6(11)12)7(8,9)4-10/h5H,2-4H2,1H3,(H,11,12)/t5-/m0/s1. The van der Waals surface area contributed by atoms with Crippen LogP contribution in [-0.4, -0.2) is 42.0 Å². The first-order valence-electron chi connectivity index (χ1n) is 3.72. The highest BCUT2D eigenvalue weighted by Crippen LogP contribution is 2.32. The molecule has 1 fully saturated rings. The lowest BCUT2D eigenvalue weighted by Crippen LogP contribution is -2.49. The van der Waals surface area contributed by atoms with E-state index in [1.54, 1.807) is 7.05 Å². The molecule has 1 aliphatic heterocycles. The molecule has 0 unspecified atom stereocenters. The smallest absolute Gasteiger partial charge is 0.312 e. The average Bonchev–Trinajstić information content (AvgIpc) is 1.82. The molecule has 1 rings (SSSR count). The first kappa shape index (κ1) is 9.38. The molecule has 5 heteroatoms. The van der Waals surface area contributed by atoms with Crippen LogP contribution in [0, 0.1) is 5.92 Å². The summed E-state index contributed by atoms with van der Waals surface area (Å²) in [4.78, 5) is 11.8. The summed E-state index contributed by atoms with van der Waals surface area (Å²) in [6.07, 6.45) is 0.0266. The van der Waals surface area contributed by atoms with Crippen LogP contribution in [0.2, 0.25) is 0 Å². The lowest BCUT2D eigenvalue weighted by molar-refractivity contribution is -0.165. The normalized spacial score (nSPS) is 30.1. The SMILES string of the molecule is CN1CC[C@@H](C(=O)O)C(F)(F)C1. The van der Waals surface area contributed by atoms with Gasteiger partial charge >= 0.3 is 5.97 Å². The second-order valence-electron chi connectivity index (χ2n) is 3.18. The maximum Gasteiger partial charge on any atom is 0.312 e. The summed E-state index contributed by atoms with van der Waals surface area (Å²) in [5.41, 5.74) is 0. The number of carboxylic acid groups (broad SMARTS) is 1. The van der Waals surface area contributed by atoms with E-state index >= 15 is 0 Å². The molecule has 0 aliphatic carbocycles. The van der Waals surface area contributed by atoms with E-state index in [9.17, 15) is 13.6 Å². The van der Waals surface area contributed by atoms with Gasteiger partial charge in [-0.15, -0.1) is 0 Å². The number of hydrogen-bond acceptors (Lipinski definition) is 2. The second-order valence-corrected chi connectivity index (χ2v) is 3.18. The summed E-state index contributed by atoms with van der Waals surface area (Å²) < 4.78 is 25.9. The summed E-state index contributed by atoms with van der Waals surface area (Å²) in [5.74, 6) is -5.99. The molecule has 0 spiro atoms. The fourth-order valence-electron chi connectivity index (χ4n) is 1.41. The van der Waals surface area contributed by atoms with Gasteiger partial charge in [-0.25, -0.2) is 8.78 Å². The van der Waals surface area contributed by atoms with Gasteiger partial charge in [-0.3, -0.25) is 4.79 Å². The lowest BCUT2D eigenvalue weighted by atomic mass is 9.93. The molecule has 0 aromatic heterocycles. The van der Waals surface area contributed by atoms with E-state index < -0.39 is 24.4 Å². The van der Waals surface area contributed by atoms with Gasteiger partial charge in [0.1, 0.15) is 5.92 Å². The van der Waals surface area contributed by atoms with Crippen molar-refractivity contribution in [3.05, 3.63) is 0 Å². The number of aliphatic carboxylic acids is 1. The van der Waals surface area contributed by atoms with Crippen molar-refractivity contribution in [3.8, 4) is 0 Å². The molecule has 1 saturated heterocycles. The molecule has 70 valence electrons. The summed E-state index contributed by atoms with van der Waals surface area (Å²) in [5, 5.41) is 8.46. The number of hydrogen-bond donors (Lipinski definition) is 1. The maximum absolute atomic E-state index is 12.9. The molecule has 0 amide bonds. The van der Waals surface area contributed by atoms with E-state index in [4.69, 9.17) is 5.11 Å². The van der Waals surface area contributed by atoms with E-state index in [0.29, 0.717) is 6.54 Å². The Kier molecular flexibility index (Phi) is 2.32. The fraction of sp³-hybridized carbons (Fsp3) is 0.857. The van der Waals surface area contributed by atoms with Gasteiger partial charge in [0.25, 0.3) is 5.92 Å².